The predicted molar refractivity (Wildman–Crippen MR) is 59.9 cm³/mol. The average molecular weight is 307 g/mol. The summed E-state index contributed by atoms with van der Waals surface area (Å²) in [6, 6.07) is 1.44. The molecular formula is C8H10IN3O2. The average Bonchev–Trinajstić information content (AvgIpc) is 2.10. The lowest BCUT2D eigenvalue weighted by atomic mass is 10.5. The van der Waals surface area contributed by atoms with E-state index in [1.165, 1.54) is 6.07 Å². The fraction of sp³-hybridized carbons (Fsp3) is 0.375. The molecule has 0 aliphatic carbocycles. The number of nitrogens with zero attached hydrogens (tertiary/aromatic N) is 2. The zero-order valence-corrected chi connectivity index (χ0v) is 9.82. The lowest BCUT2D eigenvalue weighted by Gasteiger charge is -2.03. The highest BCUT2D eigenvalue weighted by atomic mass is 127. The molecule has 1 rings (SSSR count). The van der Waals surface area contributed by atoms with Crippen molar-refractivity contribution in [1.82, 2.24) is 15.1 Å². The standard InChI is InChI=1S/C8H10IN3O2/c1-2-10-7(13)5-12-8(14)3-6(9)4-11-12/h3-4H,2,5H2,1H3,(H,10,13). The van der Waals surface area contributed by atoms with E-state index in [-0.39, 0.29) is 18.0 Å². The molecule has 6 heteroatoms. The SMILES string of the molecule is CCNC(=O)Cn1ncc(I)cc1=O. The molecule has 0 bridgehead atoms. The van der Waals surface area contributed by atoms with Crippen LogP contribution in [0.1, 0.15) is 6.92 Å². The Balaban J connectivity index is 2.77. The zero-order valence-electron chi connectivity index (χ0n) is 7.66. The summed E-state index contributed by atoms with van der Waals surface area (Å²) in [4.78, 5) is 22.4. The highest BCUT2D eigenvalue weighted by Crippen LogP contribution is 1.95. The van der Waals surface area contributed by atoms with Gasteiger partial charge >= 0.3 is 0 Å². The number of carbonyl (C=O) groups excluding carboxylic acids is 1. The van der Waals surface area contributed by atoms with Crippen LogP contribution in [0, 0.1) is 3.57 Å². The molecule has 0 fully saturated rings. The number of carbonyl (C=O) groups is 1. The molecular weight excluding hydrogens is 297 g/mol. The Morgan fingerprint density at radius 1 is 1.71 bits per heavy atom. The number of halogens is 1. The van der Waals surface area contributed by atoms with E-state index in [1.807, 2.05) is 29.5 Å². The van der Waals surface area contributed by atoms with Gasteiger partial charge in [-0.3, -0.25) is 9.59 Å². The van der Waals surface area contributed by atoms with Crippen LogP contribution in [-0.2, 0) is 11.3 Å². The fourth-order valence-electron chi connectivity index (χ4n) is 0.919. The van der Waals surface area contributed by atoms with Crippen molar-refractivity contribution in [3.8, 4) is 0 Å². The molecule has 1 amide bonds. The first-order chi connectivity index (χ1) is 6.63. The third kappa shape index (κ3) is 3.09. The smallest absolute Gasteiger partial charge is 0.268 e. The van der Waals surface area contributed by atoms with E-state index in [1.54, 1.807) is 6.20 Å². The minimum absolute atomic E-state index is 0.0242. The van der Waals surface area contributed by atoms with Crippen molar-refractivity contribution in [3.05, 3.63) is 26.2 Å². The topological polar surface area (TPSA) is 64.0 Å². The van der Waals surface area contributed by atoms with Crippen molar-refractivity contribution < 1.29 is 4.79 Å². The van der Waals surface area contributed by atoms with Gasteiger partial charge in [0, 0.05) is 16.2 Å². The zero-order chi connectivity index (χ0) is 10.6. The molecule has 14 heavy (non-hydrogen) atoms. The van der Waals surface area contributed by atoms with Crippen molar-refractivity contribution in [3.63, 3.8) is 0 Å². The summed E-state index contributed by atoms with van der Waals surface area (Å²) in [5, 5.41) is 6.43. The Bertz CT molecular complexity index is 388. The third-order valence-corrected chi connectivity index (χ3v) is 2.09. The van der Waals surface area contributed by atoms with Gasteiger partial charge in [-0.15, -0.1) is 0 Å². The summed E-state index contributed by atoms with van der Waals surface area (Å²) in [5.41, 5.74) is -0.261. The maximum Gasteiger partial charge on any atom is 0.268 e. The van der Waals surface area contributed by atoms with Crippen LogP contribution in [0.15, 0.2) is 17.1 Å². The van der Waals surface area contributed by atoms with Crippen LogP contribution < -0.4 is 10.9 Å². The van der Waals surface area contributed by atoms with Crippen molar-refractivity contribution in [2.24, 2.45) is 0 Å². The molecule has 76 valence electrons. The Morgan fingerprint density at radius 3 is 3.00 bits per heavy atom. The van der Waals surface area contributed by atoms with E-state index in [2.05, 4.69) is 10.4 Å². The third-order valence-electron chi connectivity index (χ3n) is 1.50. The first kappa shape index (κ1) is 11.2. The highest BCUT2D eigenvalue weighted by molar-refractivity contribution is 14.1. The molecule has 5 nitrogen and oxygen atoms in total. The molecule has 1 N–H and O–H groups in total. The monoisotopic (exact) mass is 307 g/mol. The summed E-state index contributed by atoms with van der Waals surface area (Å²) >= 11 is 2.00. The summed E-state index contributed by atoms with van der Waals surface area (Å²) in [6.07, 6.45) is 1.54. The minimum Gasteiger partial charge on any atom is -0.355 e. The summed E-state index contributed by atoms with van der Waals surface area (Å²) in [7, 11) is 0. The first-order valence-corrected chi connectivity index (χ1v) is 5.20. The van der Waals surface area contributed by atoms with Crippen LogP contribution in [-0.4, -0.2) is 22.2 Å². The molecule has 0 saturated carbocycles. The van der Waals surface area contributed by atoms with Gasteiger partial charge in [0.05, 0.1) is 6.20 Å². The van der Waals surface area contributed by atoms with Crippen LogP contribution in [0.25, 0.3) is 0 Å². The number of amides is 1. The Morgan fingerprint density at radius 2 is 2.43 bits per heavy atom. The normalized spacial score (nSPS) is 9.86. The van der Waals surface area contributed by atoms with Crippen LogP contribution in [0.5, 0.6) is 0 Å². The predicted octanol–water partition coefficient (Wildman–Crippen LogP) is -0.0160. The van der Waals surface area contributed by atoms with Crippen LogP contribution in [0.2, 0.25) is 0 Å². The Hall–Kier alpha value is -0.920. The van der Waals surface area contributed by atoms with Gasteiger partial charge in [0.25, 0.3) is 5.56 Å². The van der Waals surface area contributed by atoms with Crippen molar-refractivity contribution in [2.75, 3.05) is 6.54 Å². The number of rotatable bonds is 3. The van der Waals surface area contributed by atoms with Gasteiger partial charge in [0.2, 0.25) is 5.91 Å². The number of nitrogens with one attached hydrogen (secondary N) is 1. The minimum atomic E-state index is -0.261. The maximum atomic E-state index is 11.3. The Labute approximate surface area is 94.6 Å². The summed E-state index contributed by atoms with van der Waals surface area (Å²) < 4.78 is 1.90. The van der Waals surface area contributed by atoms with Crippen LogP contribution in [0.3, 0.4) is 0 Å². The highest BCUT2D eigenvalue weighted by Gasteiger charge is 2.03. The van der Waals surface area contributed by atoms with Gasteiger partial charge in [0.15, 0.2) is 0 Å². The van der Waals surface area contributed by atoms with Gasteiger partial charge in [-0.05, 0) is 29.5 Å². The van der Waals surface area contributed by atoms with Crippen molar-refractivity contribution >= 4 is 28.5 Å². The van der Waals surface area contributed by atoms with Gasteiger partial charge < -0.3 is 5.32 Å². The van der Waals surface area contributed by atoms with Gasteiger partial charge in [0.1, 0.15) is 6.54 Å². The van der Waals surface area contributed by atoms with Crippen LogP contribution >= 0.6 is 22.6 Å². The molecule has 0 unspecified atom stereocenters. The maximum absolute atomic E-state index is 11.3. The largest absolute Gasteiger partial charge is 0.355 e. The van der Waals surface area contributed by atoms with E-state index >= 15 is 0 Å². The summed E-state index contributed by atoms with van der Waals surface area (Å²) in [6.45, 7) is 2.35. The van der Waals surface area contributed by atoms with Crippen molar-refractivity contribution in [2.45, 2.75) is 13.5 Å². The van der Waals surface area contributed by atoms with E-state index in [0.717, 1.165) is 8.25 Å². The Kier molecular flexibility index (Phi) is 4.05. The van der Waals surface area contributed by atoms with E-state index in [4.69, 9.17) is 0 Å². The second-order valence-corrected chi connectivity index (χ2v) is 3.87. The van der Waals surface area contributed by atoms with E-state index in [9.17, 15) is 9.59 Å². The van der Waals surface area contributed by atoms with Crippen molar-refractivity contribution in [1.29, 1.82) is 0 Å². The quantitative estimate of drug-likeness (QED) is 0.799. The lowest BCUT2D eigenvalue weighted by Crippen LogP contribution is -2.33. The molecule has 1 heterocycles. The molecule has 0 aliphatic heterocycles. The molecule has 0 spiro atoms. The van der Waals surface area contributed by atoms with Crippen LogP contribution in [0.4, 0.5) is 0 Å². The molecule has 1 aromatic heterocycles. The molecule has 0 radical (unpaired) electrons. The van der Waals surface area contributed by atoms with Gasteiger partial charge in [-0.25, -0.2) is 4.68 Å². The molecule has 0 aliphatic rings. The second kappa shape index (κ2) is 5.08. The molecule has 1 aromatic rings. The van der Waals surface area contributed by atoms with E-state index < -0.39 is 0 Å². The molecule has 0 atom stereocenters. The second-order valence-electron chi connectivity index (χ2n) is 2.62. The van der Waals surface area contributed by atoms with Gasteiger partial charge in [-0.2, -0.15) is 5.10 Å². The number of hydrogen-bond acceptors (Lipinski definition) is 3. The molecule has 0 aromatic carbocycles. The first-order valence-electron chi connectivity index (χ1n) is 4.13. The fourth-order valence-corrected chi connectivity index (χ4v) is 1.31. The summed E-state index contributed by atoms with van der Waals surface area (Å²) in [5.74, 6) is -0.205. The number of likely N-dealkylation sites (N-methyl/N-ethyl adjacent to an activating group) is 1. The number of aromatic nitrogens is 2. The number of hydrogen-bond donors (Lipinski definition) is 1. The molecule has 0 saturated heterocycles. The lowest BCUT2D eigenvalue weighted by molar-refractivity contribution is -0.121. The van der Waals surface area contributed by atoms with Gasteiger partial charge in [-0.1, -0.05) is 0 Å². The van der Waals surface area contributed by atoms with E-state index in [0.29, 0.717) is 6.54 Å².